The molecule has 1 heterocycles. The molecule has 3 unspecified atom stereocenters. The molecule has 3 atom stereocenters. The van der Waals surface area contributed by atoms with Crippen LogP contribution in [0.15, 0.2) is 0 Å². The molecule has 0 radical (unpaired) electrons. The maximum absolute atomic E-state index is 12.0. The van der Waals surface area contributed by atoms with Gasteiger partial charge in [-0.1, -0.05) is 0 Å². The van der Waals surface area contributed by atoms with E-state index in [0.29, 0.717) is 25.9 Å². The molecule has 0 aliphatic carbocycles. The van der Waals surface area contributed by atoms with Gasteiger partial charge in [-0.15, -0.1) is 0 Å². The van der Waals surface area contributed by atoms with Gasteiger partial charge in [-0.3, -0.25) is 9.00 Å². The number of carboxylic acids is 1. The van der Waals surface area contributed by atoms with Crippen LogP contribution < -0.4 is 5.32 Å². The number of carbonyl (C=O) groups excluding carboxylic acids is 1. The summed E-state index contributed by atoms with van der Waals surface area (Å²) in [5, 5.41) is 11.8. The molecule has 1 fully saturated rings. The zero-order valence-electron chi connectivity index (χ0n) is 11.6. The summed E-state index contributed by atoms with van der Waals surface area (Å²) in [6.07, 6.45) is 2.87. The molecule has 0 bridgehead atoms. The third-order valence-electron chi connectivity index (χ3n) is 3.61. The third kappa shape index (κ3) is 4.19. The van der Waals surface area contributed by atoms with Gasteiger partial charge in [0.15, 0.2) is 0 Å². The number of piperidine rings is 1. The minimum atomic E-state index is -0.982. The third-order valence-corrected chi connectivity index (χ3v) is 4.91. The summed E-state index contributed by atoms with van der Waals surface area (Å²) in [5.41, 5.74) is -0.866. The molecule has 0 aromatic carbocycles. The van der Waals surface area contributed by atoms with E-state index in [1.165, 1.54) is 4.90 Å². The first-order valence-corrected chi connectivity index (χ1v) is 7.97. The molecule has 6 nitrogen and oxygen atoms in total. The topological polar surface area (TPSA) is 86.7 Å². The quantitative estimate of drug-likeness (QED) is 0.796. The molecule has 1 rings (SSSR count). The zero-order chi connectivity index (χ0) is 14.6. The molecular formula is C12H22N2O4S. The Balaban J connectivity index is 2.53. The van der Waals surface area contributed by atoms with E-state index in [-0.39, 0.29) is 17.8 Å². The fourth-order valence-electron chi connectivity index (χ4n) is 2.05. The normalized spacial score (nSPS) is 26.6. The van der Waals surface area contributed by atoms with Crippen molar-refractivity contribution in [1.29, 1.82) is 0 Å². The molecule has 2 N–H and O–H groups in total. The Labute approximate surface area is 116 Å². The minimum Gasteiger partial charge on any atom is -0.481 e. The van der Waals surface area contributed by atoms with Crippen molar-refractivity contribution >= 4 is 22.8 Å². The van der Waals surface area contributed by atoms with Gasteiger partial charge in [-0.2, -0.15) is 0 Å². The Morgan fingerprint density at radius 1 is 1.53 bits per heavy atom. The monoisotopic (exact) mass is 290 g/mol. The Bertz CT molecular complexity index is 388. The lowest BCUT2D eigenvalue weighted by Crippen LogP contribution is -2.52. The van der Waals surface area contributed by atoms with Gasteiger partial charge in [0, 0.05) is 41.9 Å². The Morgan fingerprint density at radius 2 is 2.16 bits per heavy atom. The van der Waals surface area contributed by atoms with Crippen molar-refractivity contribution < 1.29 is 18.9 Å². The van der Waals surface area contributed by atoms with Gasteiger partial charge < -0.3 is 15.3 Å². The second-order valence-electron chi connectivity index (χ2n) is 5.39. The van der Waals surface area contributed by atoms with Gasteiger partial charge >= 0.3 is 12.0 Å². The van der Waals surface area contributed by atoms with E-state index < -0.39 is 22.2 Å². The molecule has 1 aliphatic heterocycles. The molecule has 0 spiro atoms. The van der Waals surface area contributed by atoms with Crippen LogP contribution in [-0.2, 0) is 15.6 Å². The SMILES string of the molecule is CC(CNC(=O)N1CCCC(C)(C(=O)O)C1)S(C)=O. The van der Waals surface area contributed by atoms with Gasteiger partial charge in [-0.25, -0.2) is 4.79 Å². The highest BCUT2D eigenvalue weighted by molar-refractivity contribution is 7.84. The van der Waals surface area contributed by atoms with Crippen LogP contribution in [0.2, 0.25) is 0 Å². The van der Waals surface area contributed by atoms with Gasteiger partial charge in [0.1, 0.15) is 0 Å². The summed E-state index contributed by atoms with van der Waals surface area (Å²) in [5.74, 6) is -0.868. The van der Waals surface area contributed by atoms with Crippen LogP contribution >= 0.6 is 0 Å². The summed E-state index contributed by atoms with van der Waals surface area (Å²) in [6, 6.07) is -0.274. The number of likely N-dealkylation sites (tertiary alicyclic amines) is 1. The predicted molar refractivity (Wildman–Crippen MR) is 73.5 cm³/mol. The summed E-state index contributed by atoms with van der Waals surface area (Å²) in [4.78, 5) is 24.7. The number of hydrogen-bond acceptors (Lipinski definition) is 3. The van der Waals surface area contributed by atoms with E-state index in [9.17, 15) is 18.9 Å². The first-order valence-electron chi connectivity index (χ1n) is 6.34. The number of carboxylic acid groups (broad SMARTS) is 1. The maximum atomic E-state index is 12.0. The van der Waals surface area contributed by atoms with E-state index >= 15 is 0 Å². The summed E-state index contributed by atoms with van der Waals surface area (Å²) < 4.78 is 11.2. The van der Waals surface area contributed by atoms with Crippen molar-refractivity contribution in [2.45, 2.75) is 31.9 Å². The molecule has 19 heavy (non-hydrogen) atoms. The lowest BCUT2D eigenvalue weighted by atomic mass is 9.82. The number of rotatable bonds is 4. The lowest BCUT2D eigenvalue weighted by molar-refractivity contribution is -0.150. The highest BCUT2D eigenvalue weighted by Crippen LogP contribution is 2.29. The summed E-state index contributed by atoms with van der Waals surface area (Å²) in [6.45, 7) is 4.59. The van der Waals surface area contributed by atoms with Crippen molar-refractivity contribution in [2.24, 2.45) is 5.41 Å². The van der Waals surface area contributed by atoms with Crippen LogP contribution in [0.1, 0.15) is 26.7 Å². The Kier molecular flexibility index (Phi) is 5.34. The first-order chi connectivity index (χ1) is 8.76. The molecule has 1 aliphatic rings. The summed E-state index contributed by atoms with van der Waals surface area (Å²) in [7, 11) is -0.982. The number of nitrogens with one attached hydrogen (secondary N) is 1. The molecule has 2 amide bonds. The van der Waals surface area contributed by atoms with Crippen molar-refractivity contribution in [3.8, 4) is 0 Å². The highest BCUT2D eigenvalue weighted by atomic mass is 32.2. The van der Waals surface area contributed by atoms with Crippen LogP contribution in [0.3, 0.4) is 0 Å². The number of aliphatic carboxylic acids is 1. The Morgan fingerprint density at radius 3 is 2.68 bits per heavy atom. The van der Waals surface area contributed by atoms with Crippen LogP contribution in [0.25, 0.3) is 0 Å². The van der Waals surface area contributed by atoms with Gasteiger partial charge in [-0.05, 0) is 26.7 Å². The smallest absolute Gasteiger partial charge is 0.317 e. The van der Waals surface area contributed by atoms with E-state index in [2.05, 4.69) is 5.32 Å². The van der Waals surface area contributed by atoms with Crippen molar-refractivity contribution in [3.63, 3.8) is 0 Å². The lowest BCUT2D eigenvalue weighted by Gasteiger charge is -2.37. The number of carbonyl (C=O) groups is 2. The molecule has 0 saturated carbocycles. The van der Waals surface area contributed by atoms with Crippen LogP contribution in [0.5, 0.6) is 0 Å². The van der Waals surface area contributed by atoms with Gasteiger partial charge in [0.05, 0.1) is 5.41 Å². The van der Waals surface area contributed by atoms with E-state index in [4.69, 9.17) is 0 Å². The molecule has 0 aromatic heterocycles. The molecule has 7 heteroatoms. The fourth-order valence-corrected chi connectivity index (χ4v) is 2.37. The van der Waals surface area contributed by atoms with Crippen molar-refractivity contribution in [3.05, 3.63) is 0 Å². The first kappa shape index (κ1) is 15.9. The number of urea groups is 1. The van der Waals surface area contributed by atoms with Gasteiger partial charge in [0.25, 0.3) is 0 Å². The minimum absolute atomic E-state index is 0.111. The van der Waals surface area contributed by atoms with Crippen LogP contribution in [0, 0.1) is 5.41 Å². The predicted octanol–water partition coefficient (Wildman–Crippen LogP) is 0.650. The van der Waals surface area contributed by atoms with E-state index in [1.54, 1.807) is 20.1 Å². The molecule has 1 saturated heterocycles. The van der Waals surface area contributed by atoms with Crippen LogP contribution in [0.4, 0.5) is 4.79 Å². The fraction of sp³-hybridized carbons (Fsp3) is 0.833. The number of amides is 2. The van der Waals surface area contributed by atoms with E-state index in [0.717, 1.165) is 0 Å². The standard InChI is InChI=1S/C12H22N2O4S/c1-9(19(3)18)7-13-11(17)14-6-4-5-12(2,8-14)10(15)16/h9H,4-8H2,1-3H3,(H,13,17)(H,15,16). The summed E-state index contributed by atoms with van der Waals surface area (Å²) >= 11 is 0. The van der Waals surface area contributed by atoms with Crippen molar-refractivity contribution in [2.75, 3.05) is 25.9 Å². The average molecular weight is 290 g/mol. The average Bonchev–Trinajstić information content (AvgIpc) is 2.35. The molecular weight excluding hydrogens is 268 g/mol. The number of nitrogens with zero attached hydrogens (tertiary/aromatic N) is 1. The van der Waals surface area contributed by atoms with Crippen molar-refractivity contribution in [1.82, 2.24) is 10.2 Å². The van der Waals surface area contributed by atoms with E-state index in [1.807, 2.05) is 0 Å². The maximum Gasteiger partial charge on any atom is 0.317 e. The second kappa shape index (κ2) is 6.36. The van der Waals surface area contributed by atoms with Crippen LogP contribution in [-0.4, -0.2) is 57.4 Å². The zero-order valence-corrected chi connectivity index (χ0v) is 12.5. The number of hydrogen-bond donors (Lipinski definition) is 2. The molecule has 110 valence electrons. The highest BCUT2D eigenvalue weighted by Gasteiger charge is 2.39. The molecule has 0 aromatic rings. The largest absolute Gasteiger partial charge is 0.481 e. The van der Waals surface area contributed by atoms with Gasteiger partial charge in [0.2, 0.25) is 0 Å². The second-order valence-corrected chi connectivity index (χ2v) is 7.19. The Hall–Kier alpha value is -1.11.